The van der Waals surface area contributed by atoms with Crippen LogP contribution in [0.4, 0.5) is 0 Å². The van der Waals surface area contributed by atoms with E-state index in [9.17, 15) is 4.79 Å². The van der Waals surface area contributed by atoms with Crippen molar-refractivity contribution in [3.8, 4) is 0 Å². The highest BCUT2D eigenvalue weighted by molar-refractivity contribution is 5.73. The molecule has 1 aromatic carbocycles. The van der Waals surface area contributed by atoms with Crippen LogP contribution in [0.25, 0.3) is 0 Å². The van der Waals surface area contributed by atoms with E-state index in [0.717, 1.165) is 25.2 Å². The van der Waals surface area contributed by atoms with Crippen molar-refractivity contribution >= 4 is 5.97 Å². The molecule has 0 aliphatic rings. The first-order chi connectivity index (χ1) is 10.6. The molecule has 0 saturated heterocycles. The van der Waals surface area contributed by atoms with Crippen molar-refractivity contribution in [2.24, 2.45) is 5.73 Å². The van der Waals surface area contributed by atoms with Crippen LogP contribution in [0.5, 0.6) is 0 Å². The zero-order chi connectivity index (χ0) is 16.4. The Balaban J connectivity index is 2.77. The summed E-state index contributed by atoms with van der Waals surface area (Å²) in [6.45, 7) is 7.48. The Hall–Kier alpha value is -1.39. The molecule has 0 saturated carbocycles. The minimum atomic E-state index is -0.941. The van der Waals surface area contributed by atoms with Gasteiger partial charge in [-0.3, -0.25) is 9.69 Å². The zero-order valence-electron chi connectivity index (χ0n) is 13.9. The number of benzene rings is 1. The fourth-order valence-electron chi connectivity index (χ4n) is 2.51. The van der Waals surface area contributed by atoms with Gasteiger partial charge in [-0.2, -0.15) is 0 Å². The molecule has 4 nitrogen and oxygen atoms in total. The third-order valence-corrected chi connectivity index (χ3v) is 3.93. The number of carboxylic acid groups (broad SMARTS) is 1. The molecule has 1 atom stereocenters. The lowest BCUT2D eigenvalue weighted by molar-refractivity contribution is -0.138. The molecule has 0 amide bonds. The van der Waals surface area contributed by atoms with Gasteiger partial charge in [-0.15, -0.1) is 0 Å². The lowest BCUT2D eigenvalue weighted by Gasteiger charge is -2.23. The first kappa shape index (κ1) is 18.7. The summed E-state index contributed by atoms with van der Waals surface area (Å²) in [5, 5.41) is 9.01. The highest BCUT2D eigenvalue weighted by Gasteiger charge is 2.15. The average molecular weight is 306 g/mol. The van der Waals surface area contributed by atoms with Gasteiger partial charge in [0.05, 0.1) is 0 Å². The summed E-state index contributed by atoms with van der Waals surface area (Å²) in [5.74, 6) is -0.941. The standard InChI is InChI=1S/C18H30N2O2/c1-3-5-11-20(12-6-4-2)14-16-10-8-7-9-15(16)13-17(19)18(21)22/h7-10,17H,3-6,11-14,19H2,1-2H3,(H,21,22). The zero-order valence-corrected chi connectivity index (χ0v) is 13.9. The molecule has 1 unspecified atom stereocenters. The first-order valence-electron chi connectivity index (χ1n) is 8.36. The number of nitrogens with zero attached hydrogens (tertiary/aromatic N) is 1. The molecular formula is C18H30N2O2. The maximum atomic E-state index is 11.0. The first-order valence-corrected chi connectivity index (χ1v) is 8.36. The third kappa shape index (κ3) is 6.58. The van der Waals surface area contributed by atoms with Crippen molar-refractivity contribution < 1.29 is 9.90 Å². The van der Waals surface area contributed by atoms with Crippen molar-refractivity contribution in [3.63, 3.8) is 0 Å². The second-order valence-electron chi connectivity index (χ2n) is 5.90. The molecule has 0 heterocycles. The Bertz CT molecular complexity index is 440. The van der Waals surface area contributed by atoms with E-state index >= 15 is 0 Å². The second-order valence-corrected chi connectivity index (χ2v) is 5.90. The SMILES string of the molecule is CCCCN(CCCC)Cc1ccccc1CC(N)C(=O)O. The molecule has 0 spiro atoms. The number of unbranched alkanes of at least 4 members (excludes halogenated alkanes) is 2. The molecule has 1 aromatic rings. The van der Waals surface area contributed by atoms with Gasteiger partial charge in [0, 0.05) is 6.54 Å². The predicted octanol–water partition coefficient (Wildman–Crippen LogP) is 3.04. The number of carboxylic acids is 1. The number of rotatable bonds is 11. The fraction of sp³-hybridized carbons (Fsp3) is 0.611. The number of carbonyl (C=O) groups is 1. The molecule has 22 heavy (non-hydrogen) atoms. The number of hydrogen-bond donors (Lipinski definition) is 2. The Morgan fingerprint density at radius 2 is 1.68 bits per heavy atom. The minimum absolute atomic E-state index is 0.390. The van der Waals surface area contributed by atoms with Gasteiger partial charge < -0.3 is 10.8 Å². The van der Waals surface area contributed by atoms with Crippen molar-refractivity contribution in [2.45, 2.75) is 58.5 Å². The topological polar surface area (TPSA) is 66.6 Å². The normalized spacial score (nSPS) is 12.5. The lowest BCUT2D eigenvalue weighted by Crippen LogP contribution is -2.33. The molecule has 1 rings (SSSR count). The van der Waals surface area contributed by atoms with Gasteiger partial charge in [-0.1, -0.05) is 51.0 Å². The van der Waals surface area contributed by atoms with Crippen molar-refractivity contribution in [1.29, 1.82) is 0 Å². The van der Waals surface area contributed by atoms with Crippen molar-refractivity contribution in [1.82, 2.24) is 4.90 Å². The van der Waals surface area contributed by atoms with Crippen LogP contribution in [0.1, 0.15) is 50.7 Å². The van der Waals surface area contributed by atoms with Crippen LogP contribution in [0.2, 0.25) is 0 Å². The minimum Gasteiger partial charge on any atom is -0.480 e. The average Bonchev–Trinajstić information content (AvgIpc) is 2.51. The quantitative estimate of drug-likeness (QED) is 0.659. The molecule has 0 aliphatic heterocycles. The van der Waals surface area contributed by atoms with Crippen molar-refractivity contribution in [3.05, 3.63) is 35.4 Å². The van der Waals surface area contributed by atoms with Crippen LogP contribution >= 0.6 is 0 Å². The summed E-state index contributed by atoms with van der Waals surface area (Å²) in [4.78, 5) is 13.5. The second kappa shape index (κ2) is 10.4. The number of aliphatic carboxylic acids is 1. The van der Waals surface area contributed by atoms with Crippen LogP contribution in [0, 0.1) is 0 Å². The highest BCUT2D eigenvalue weighted by atomic mass is 16.4. The Morgan fingerprint density at radius 3 is 2.18 bits per heavy atom. The summed E-state index contributed by atoms with van der Waals surface area (Å²) in [6, 6.07) is 7.23. The number of hydrogen-bond acceptors (Lipinski definition) is 3. The van der Waals surface area contributed by atoms with Crippen LogP contribution in [0.15, 0.2) is 24.3 Å². The molecule has 124 valence electrons. The summed E-state index contributed by atoms with van der Waals surface area (Å²) in [7, 11) is 0. The van der Waals surface area contributed by atoms with Crippen LogP contribution < -0.4 is 5.73 Å². The largest absolute Gasteiger partial charge is 0.480 e. The fourth-order valence-corrected chi connectivity index (χ4v) is 2.51. The van der Waals surface area contributed by atoms with E-state index in [4.69, 9.17) is 10.8 Å². The monoisotopic (exact) mass is 306 g/mol. The van der Waals surface area contributed by atoms with E-state index in [-0.39, 0.29) is 0 Å². The van der Waals surface area contributed by atoms with Crippen LogP contribution in [0.3, 0.4) is 0 Å². The Morgan fingerprint density at radius 1 is 1.14 bits per heavy atom. The third-order valence-electron chi connectivity index (χ3n) is 3.93. The molecule has 0 aromatic heterocycles. The summed E-state index contributed by atoms with van der Waals surface area (Å²) >= 11 is 0. The van der Waals surface area contributed by atoms with Gasteiger partial charge in [0.25, 0.3) is 0 Å². The molecule has 0 radical (unpaired) electrons. The van der Waals surface area contributed by atoms with Crippen molar-refractivity contribution in [2.75, 3.05) is 13.1 Å². The van der Waals surface area contributed by atoms with E-state index < -0.39 is 12.0 Å². The Labute approximate surface area is 134 Å². The van der Waals surface area contributed by atoms with E-state index in [1.807, 2.05) is 18.2 Å². The van der Waals surface area contributed by atoms with Crippen LogP contribution in [-0.2, 0) is 17.8 Å². The van der Waals surface area contributed by atoms with Gasteiger partial charge in [0.1, 0.15) is 6.04 Å². The molecule has 0 fully saturated rings. The van der Waals surface area contributed by atoms with E-state index in [1.165, 1.54) is 31.2 Å². The summed E-state index contributed by atoms with van der Waals surface area (Å²) in [6.07, 6.45) is 5.16. The smallest absolute Gasteiger partial charge is 0.320 e. The predicted molar refractivity (Wildman–Crippen MR) is 90.9 cm³/mol. The lowest BCUT2D eigenvalue weighted by atomic mass is 10.00. The van der Waals surface area contributed by atoms with Gasteiger partial charge >= 0.3 is 5.97 Å². The van der Waals surface area contributed by atoms with Crippen LogP contribution in [-0.4, -0.2) is 35.1 Å². The highest BCUT2D eigenvalue weighted by Crippen LogP contribution is 2.15. The van der Waals surface area contributed by atoms with Gasteiger partial charge in [0.2, 0.25) is 0 Å². The molecule has 0 bridgehead atoms. The maximum absolute atomic E-state index is 11.0. The summed E-state index contributed by atoms with van der Waals surface area (Å²) < 4.78 is 0. The van der Waals surface area contributed by atoms with E-state index in [2.05, 4.69) is 24.8 Å². The van der Waals surface area contributed by atoms with Gasteiger partial charge in [-0.05, 0) is 43.5 Å². The van der Waals surface area contributed by atoms with Gasteiger partial charge in [0.15, 0.2) is 0 Å². The molecule has 0 aliphatic carbocycles. The number of nitrogens with two attached hydrogens (primary N) is 1. The Kier molecular flexibility index (Phi) is 8.78. The molecule has 3 N–H and O–H groups in total. The maximum Gasteiger partial charge on any atom is 0.320 e. The van der Waals surface area contributed by atoms with E-state index in [1.54, 1.807) is 0 Å². The van der Waals surface area contributed by atoms with E-state index in [0.29, 0.717) is 6.42 Å². The van der Waals surface area contributed by atoms with Gasteiger partial charge in [-0.25, -0.2) is 0 Å². The summed E-state index contributed by atoms with van der Waals surface area (Å²) in [5.41, 5.74) is 7.95. The molecular weight excluding hydrogens is 276 g/mol. The molecule has 4 heteroatoms.